The maximum absolute atomic E-state index is 12.3. The summed E-state index contributed by atoms with van der Waals surface area (Å²) in [6, 6.07) is 12.9. The summed E-state index contributed by atoms with van der Waals surface area (Å²) in [5.74, 6) is 0.958. The summed E-state index contributed by atoms with van der Waals surface area (Å²) in [5, 5.41) is 8.85. The molecule has 0 aliphatic rings. The molecule has 0 aliphatic carbocycles. The summed E-state index contributed by atoms with van der Waals surface area (Å²) in [7, 11) is 0. The minimum absolute atomic E-state index is 0.0439. The van der Waals surface area contributed by atoms with Crippen LogP contribution in [0, 0.1) is 12.8 Å². The quantitative estimate of drug-likeness (QED) is 0.598. The first-order valence-electron chi connectivity index (χ1n) is 9.55. The van der Waals surface area contributed by atoms with Gasteiger partial charge in [-0.05, 0) is 42.7 Å². The van der Waals surface area contributed by atoms with Gasteiger partial charge in [0.25, 0.3) is 0 Å². The Labute approximate surface area is 166 Å². The number of benzene rings is 2. The SMILES string of the molecule is CCC(=O)Nc1cccc(NCC(=O)Nc2cccc(OCC(C)C)c2)c1C. The molecule has 0 heterocycles. The lowest BCUT2D eigenvalue weighted by Gasteiger charge is -2.14. The predicted octanol–water partition coefficient (Wildman–Crippen LogP) is 4.43. The van der Waals surface area contributed by atoms with Gasteiger partial charge in [0.15, 0.2) is 0 Å². The van der Waals surface area contributed by atoms with E-state index >= 15 is 0 Å². The van der Waals surface area contributed by atoms with Crippen LogP contribution in [-0.4, -0.2) is 25.0 Å². The highest BCUT2D eigenvalue weighted by Gasteiger charge is 2.09. The molecule has 0 bridgehead atoms. The Bertz CT molecular complexity index is 818. The predicted molar refractivity (Wildman–Crippen MR) is 114 cm³/mol. The Hall–Kier alpha value is -3.02. The largest absolute Gasteiger partial charge is 0.493 e. The fraction of sp³-hybridized carbons (Fsp3) is 0.364. The maximum Gasteiger partial charge on any atom is 0.243 e. The van der Waals surface area contributed by atoms with E-state index in [0.29, 0.717) is 24.6 Å². The van der Waals surface area contributed by atoms with E-state index in [-0.39, 0.29) is 18.4 Å². The second-order valence-electron chi connectivity index (χ2n) is 7.01. The third-order valence-electron chi connectivity index (χ3n) is 4.07. The van der Waals surface area contributed by atoms with Crippen LogP contribution in [0.25, 0.3) is 0 Å². The van der Waals surface area contributed by atoms with Crippen molar-refractivity contribution >= 4 is 28.9 Å². The number of carbonyl (C=O) groups excluding carboxylic acids is 2. The minimum atomic E-state index is -0.164. The van der Waals surface area contributed by atoms with Gasteiger partial charge in [0.05, 0.1) is 13.2 Å². The molecule has 0 unspecified atom stereocenters. The van der Waals surface area contributed by atoms with Gasteiger partial charge in [0, 0.05) is 29.5 Å². The average molecular weight is 383 g/mol. The summed E-state index contributed by atoms with van der Waals surface area (Å²) in [6.45, 7) is 8.62. The zero-order chi connectivity index (χ0) is 20.5. The lowest BCUT2D eigenvalue weighted by atomic mass is 10.1. The number of amides is 2. The van der Waals surface area contributed by atoms with Crippen molar-refractivity contribution in [2.45, 2.75) is 34.1 Å². The van der Waals surface area contributed by atoms with E-state index in [1.54, 1.807) is 6.92 Å². The van der Waals surface area contributed by atoms with Crippen LogP contribution in [0.4, 0.5) is 17.1 Å². The Morgan fingerprint density at radius 2 is 1.71 bits per heavy atom. The number of ether oxygens (including phenoxy) is 1. The molecule has 2 aromatic rings. The standard InChI is InChI=1S/C22H29N3O3/c1-5-21(26)25-20-11-7-10-19(16(20)4)23-13-22(27)24-17-8-6-9-18(12-17)28-14-15(2)3/h6-12,15,23H,5,13-14H2,1-4H3,(H,24,27)(H,25,26). The van der Waals surface area contributed by atoms with E-state index in [4.69, 9.17) is 4.74 Å². The van der Waals surface area contributed by atoms with Crippen LogP contribution in [-0.2, 0) is 9.59 Å². The Morgan fingerprint density at radius 3 is 2.43 bits per heavy atom. The molecule has 28 heavy (non-hydrogen) atoms. The number of hydrogen-bond donors (Lipinski definition) is 3. The Balaban J connectivity index is 1.93. The van der Waals surface area contributed by atoms with Crippen molar-refractivity contribution in [1.82, 2.24) is 0 Å². The molecule has 6 nitrogen and oxygen atoms in total. The number of anilines is 3. The van der Waals surface area contributed by atoms with Crippen LogP contribution >= 0.6 is 0 Å². The van der Waals surface area contributed by atoms with Crippen LogP contribution in [0.15, 0.2) is 42.5 Å². The van der Waals surface area contributed by atoms with E-state index in [1.807, 2.05) is 49.4 Å². The minimum Gasteiger partial charge on any atom is -0.493 e. The highest BCUT2D eigenvalue weighted by Crippen LogP contribution is 2.23. The summed E-state index contributed by atoms with van der Waals surface area (Å²) < 4.78 is 5.69. The van der Waals surface area contributed by atoms with Gasteiger partial charge in [-0.25, -0.2) is 0 Å². The molecule has 2 aromatic carbocycles. The second kappa shape index (κ2) is 10.3. The average Bonchev–Trinajstić information content (AvgIpc) is 2.67. The van der Waals surface area contributed by atoms with Gasteiger partial charge in [-0.15, -0.1) is 0 Å². The molecular formula is C22H29N3O3. The maximum atomic E-state index is 12.3. The number of hydrogen-bond acceptors (Lipinski definition) is 4. The summed E-state index contributed by atoms with van der Waals surface area (Å²) in [4.78, 5) is 23.9. The van der Waals surface area contributed by atoms with Gasteiger partial charge in [0.1, 0.15) is 5.75 Å². The van der Waals surface area contributed by atoms with Crippen molar-refractivity contribution < 1.29 is 14.3 Å². The lowest BCUT2D eigenvalue weighted by Crippen LogP contribution is -2.22. The molecule has 6 heteroatoms. The van der Waals surface area contributed by atoms with Crippen molar-refractivity contribution in [3.63, 3.8) is 0 Å². The number of nitrogens with one attached hydrogen (secondary N) is 3. The monoisotopic (exact) mass is 383 g/mol. The van der Waals surface area contributed by atoms with E-state index in [0.717, 1.165) is 22.7 Å². The van der Waals surface area contributed by atoms with Crippen LogP contribution in [0.1, 0.15) is 32.8 Å². The molecule has 3 N–H and O–H groups in total. The Kier molecular flexibility index (Phi) is 7.87. The van der Waals surface area contributed by atoms with Gasteiger partial charge >= 0.3 is 0 Å². The molecule has 0 fully saturated rings. The van der Waals surface area contributed by atoms with Gasteiger partial charge in [-0.3, -0.25) is 9.59 Å². The third-order valence-corrected chi connectivity index (χ3v) is 4.07. The van der Waals surface area contributed by atoms with Crippen LogP contribution in [0.5, 0.6) is 5.75 Å². The van der Waals surface area contributed by atoms with Crippen LogP contribution in [0.2, 0.25) is 0 Å². The fourth-order valence-corrected chi connectivity index (χ4v) is 2.51. The first-order chi connectivity index (χ1) is 13.4. The van der Waals surface area contributed by atoms with Crippen molar-refractivity contribution in [2.24, 2.45) is 5.92 Å². The smallest absolute Gasteiger partial charge is 0.243 e. The number of rotatable bonds is 9. The van der Waals surface area contributed by atoms with E-state index < -0.39 is 0 Å². The first-order valence-corrected chi connectivity index (χ1v) is 9.55. The van der Waals surface area contributed by atoms with E-state index in [2.05, 4.69) is 29.8 Å². The van der Waals surface area contributed by atoms with Gasteiger partial charge in [-0.1, -0.05) is 32.9 Å². The normalized spacial score (nSPS) is 10.5. The molecule has 150 valence electrons. The van der Waals surface area contributed by atoms with Gasteiger partial charge < -0.3 is 20.7 Å². The zero-order valence-electron chi connectivity index (χ0n) is 17.0. The summed E-state index contributed by atoms with van der Waals surface area (Å²) >= 11 is 0. The fourth-order valence-electron chi connectivity index (χ4n) is 2.51. The van der Waals surface area contributed by atoms with Crippen molar-refractivity contribution in [3.8, 4) is 5.75 Å². The molecule has 0 aromatic heterocycles. The zero-order valence-corrected chi connectivity index (χ0v) is 17.0. The molecule has 0 saturated carbocycles. The van der Waals surface area contributed by atoms with Crippen LogP contribution < -0.4 is 20.7 Å². The van der Waals surface area contributed by atoms with Crippen molar-refractivity contribution in [2.75, 3.05) is 29.1 Å². The summed E-state index contributed by atoms with van der Waals surface area (Å²) in [6.07, 6.45) is 0.416. The first kappa shape index (κ1) is 21.3. The Morgan fingerprint density at radius 1 is 1.00 bits per heavy atom. The summed E-state index contributed by atoms with van der Waals surface area (Å²) in [5.41, 5.74) is 3.13. The van der Waals surface area contributed by atoms with E-state index in [1.165, 1.54) is 0 Å². The molecule has 0 saturated heterocycles. The number of carbonyl (C=O) groups is 2. The molecule has 0 atom stereocenters. The van der Waals surface area contributed by atoms with E-state index in [9.17, 15) is 9.59 Å². The highest BCUT2D eigenvalue weighted by atomic mass is 16.5. The van der Waals surface area contributed by atoms with Crippen LogP contribution in [0.3, 0.4) is 0 Å². The van der Waals surface area contributed by atoms with Gasteiger partial charge in [-0.2, -0.15) is 0 Å². The second-order valence-corrected chi connectivity index (χ2v) is 7.01. The molecular weight excluding hydrogens is 354 g/mol. The molecule has 0 radical (unpaired) electrons. The molecule has 2 amide bonds. The topological polar surface area (TPSA) is 79.5 Å². The molecule has 0 aliphatic heterocycles. The van der Waals surface area contributed by atoms with Crippen molar-refractivity contribution in [3.05, 3.63) is 48.0 Å². The van der Waals surface area contributed by atoms with Gasteiger partial charge in [0.2, 0.25) is 11.8 Å². The lowest BCUT2D eigenvalue weighted by molar-refractivity contribution is -0.116. The molecule has 2 rings (SSSR count). The third kappa shape index (κ3) is 6.61. The van der Waals surface area contributed by atoms with Crippen molar-refractivity contribution in [1.29, 1.82) is 0 Å². The highest BCUT2D eigenvalue weighted by molar-refractivity contribution is 5.95. The molecule has 0 spiro atoms.